The summed E-state index contributed by atoms with van der Waals surface area (Å²) in [6.07, 6.45) is 3.09. The van der Waals surface area contributed by atoms with Crippen molar-refractivity contribution in [3.05, 3.63) is 56.2 Å². The van der Waals surface area contributed by atoms with Crippen LogP contribution in [-0.4, -0.2) is 75.5 Å². The average molecular weight is 592 g/mol. The Morgan fingerprint density at radius 3 is 2.74 bits per heavy atom. The van der Waals surface area contributed by atoms with Crippen LogP contribution in [0.3, 0.4) is 0 Å². The largest absolute Gasteiger partial charge is 0.477 e. The van der Waals surface area contributed by atoms with Crippen molar-refractivity contribution < 1.29 is 23.9 Å². The number of nitrogens with one attached hydrogen (secondary N) is 1. The number of carboxylic acid groups (broad SMARTS) is 1. The van der Waals surface area contributed by atoms with Crippen molar-refractivity contribution in [1.82, 2.24) is 35.0 Å². The third kappa shape index (κ3) is 4.37. The number of hydrogen-bond acceptors (Lipinski definition) is 9. The molecule has 0 spiro atoms. The summed E-state index contributed by atoms with van der Waals surface area (Å²) in [5, 5.41) is 23.4. The summed E-state index contributed by atoms with van der Waals surface area (Å²) in [4.78, 5) is 52.8. The van der Waals surface area contributed by atoms with E-state index in [4.69, 9.17) is 11.6 Å². The second-order valence-electron chi connectivity index (χ2n) is 9.29. The first-order valence-electron chi connectivity index (χ1n) is 11.8. The van der Waals surface area contributed by atoms with Gasteiger partial charge in [0, 0.05) is 36.2 Å². The van der Waals surface area contributed by atoms with E-state index in [1.54, 1.807) is 11.6 Å². The van der Waals surface area contributed by atoms with Gasteiger partial charge in [-0.2, -0.15) is 0 Å². The van der Waals surface area contributed by atoms with E-state index in [2.05, 4.69) is 20.8 Å². The summed E-state index contributed by atoms with van der Waals surface area (Å²) < 4.78 is 17.4. The lowest BCUT2D eigenvalue weighted by Crippen LogP contribution is -2.70. The zero-order chi connectivity index (χ0) is 27.6. The van der Waals surface area contributed by atoms with Crippen LogP contribution in [0.25, 0.3) is 10.9 Å². The summed E-state index contributed by atoms with van der Waals surface area (Å²) >= 11 is 8.50. The fourth-order valence-electron chi connectivity index (χ4n) is 4.67. The van der Waals surface area contributed by atoms with Gasteiger partial charge in [-0.15, -0.1) is 16.9 Å². The molecule has 2 atom stereocenters. The van der Waals surface area contributed by atoms with Gasteiger partial charge in [0.1, 0.15) is 28.5 Å². The molecule has 1 saturated heterocycles. The molecule has 1 aromatic carbocycles. The van der Waals surface area contributed by atoms with Gasteiger partial charge in [-0.25, -0.2) is 13.9 Å². The van der Waals surface area contributed by atoms with Crippen LogP contribution in [0.5, 0.6) is 0 Å². The number of nitrogens with zero attached hydrogens (tertiary/aromatic N) is 6. The molecule has 2 aromatic heterocycles. The Hall–Kier alpha value is -3.43. The summed E-state index contributed by atoms with van der Waals surface area (Å²) in [7, 11) is 1.66. The number of tetrazole rings is 1. The van der Waals surface area contributed by atoms with Gasteiger partial charge in [-0.1, -0.05) is 23.4 Å². The highest BCUT2D eigenvalue weighted by Crippen LogP contribution is 2.42. The smallest absolute Gasteiger partial charge is 0.352 e. The Morgan fingerprint density at radius 2 is 2.08 bits per heavy atom. The van der Waals surface area contributed by atoms with Gasteiger partial charge in [0.2, 0.25) is 10.6 Å². The number of halogens is 2. The summed E-state index contributed by atoms with van der Waals surface area (Å²) in [6, 6.07) is 1.41. The van der Waals surface area contributed by atoms with Crippen LogP contribution in [-0.2, 0) is 16.6 Å². The summed E-state index contributed by atoms with van der Waals surface area (Å²) in [5.41, 5.74) is -0.0912. The standard InChI is InChI=1S/C23H19ClFN7O5S2/c1-30-23(27-28-29-30)39-8-9-7-38-21-16(20(35)32(21)17(9)22(36)37)26-19(34)12-6-31(10-2-3-10)15-5-13(24)14(25)4-11(15)18(12)33/h4-6,10,16,21H,2-3,7-8H2,1H3,(H,26,34)(H,36,37)/t16?,21-/m0/s1. The van der Waals surface area contributed by atoms with Crippen LogP contribution < -0.4 is 10.7 Å². The maximum atomic E-state index is 14.2. The van der Waals surface area contributed by atoms with E-state index >= 15 is 0 Å². The molecule has 1 unspecified atom stereocenters. The Bertz CT molecular complexity index is 1670. The van der Waals surface area contributed by atoms with Gasteiger partial charge in [-0.3, -0.25) is 19.3 Å². The van der Waals surface area contributed by atoms with Gasteiger partial charge in [0.05, 0.1) is 10.5 Å². The molecule has 39 heavy (non-hydrogen) atoms. The number of rotatable bonds is 7. The number of amides is 2. The van der Waals surface area contributed by atoms with Gasteiger partial charge in [0.25, 0.3) is 11.8 Å². The lowest BCUT2D eigenvalue weighted by molar-refractivity contribution is -0.148. The Kier molecular flexibility index (Phi) is 6.38. The van der Waals surface area contributed by atoms with E-state index in [-0.39, 0.29) is 33.5 Å². The molecule has 3 aliphatic rings. The molecule has 4 heterocycles. The molecule has 2 amide bonds. The first-order chi connectivity index (χ1) is 18.7. The fourth-order valence-corrected chi connectivity index (χ4v) is 7.16. The van der Waals surface area contributed by atoms with Crippen LogP contribution in [0.2, 0.25) is 5.02 Å². The van der Waals surface area contributed by atoms with Crippen LogP contribution in [0, 0.1) is 5.82 Å². The zero-order valence-corrected chi connectivity index (χ0v) is 22.5. The predicted molar refractivity (Wildman–Crippen MR) is 140 cm³/mol. The Morgan fingerprint density at radius 1 is 1.31 bits per heavy atom. The number of aromatic nitrogens is 5. The van der Waals surface area contributed by atoms with E-state index in [0.29, 0.717) is 22.0 Å². The van der Waals surface area contributed by atoms with Crippen molar-refractivity contribution in [2.75, 3.05) is 11.5 Å². The molecular formula is C23H19ClFN7O5S2. The topological polar surface area (TPSA) is 152 Å². The molecule has 1 aliphatic carbocycles. The molecule has 16 heteroatoms. The molecule has 2 N–H and O–H groups in total. The number of fused-ring (bicyclic) bond motifs is 2. The lowest BCUT2D eigenvalue weighted by atomic mass is 10.0. The molecule has 3 aromatic rings. The quantitative estimate of drug-likeness (QED) is 0.307. The van der Waals surface area contributed by atoms with Crippen molar-refractivity contribution in [3.63, 3.8) is 0 Å². The molecular weight excluding hydrogens is 573 g/mol. The number of benzene rings is 1. The van der Waals surface area contributed by atoms with Crippen molar-refractivity contribution in [1.29, 1.82) is 0 Å². The maximum absolute atomic E-state index is 14.2. The second kappa shape index (κ2) is 9.64. The monoisotopic (exact) mass is 591 g/mol. The number of pyridine rings is 1. The number of hydrogen-bond donors (Lipinski definition) is 2. The number of carboxylic acids is 1. The molecule has 0 bridgehead atoms. The highest BCUT2D eigenvalue weighted by molar-refractivity contribution is 8.01. The highest BCUT2D eigenvalue weighted by Gasteiger charge is 2.54. The van der Waals surface area contributed by atoms with Crippen molar-refractivity contribution >= 4 is 63.8 Å². The summed E-state index contributed by atoms with van der Waals surface area (Å²) in [6.45, 7) is 0. The molecule has 1 saturated carbocycles. The average Bonchev–Trinajstić information content (AvgIpc) is 3.67. The molecule has 202 valence electrons. The highest BCUT2D eigenvalue weighted by atomic mass is 35.5. The SMILES string of the molecule is Cn1nnnc1SCC1=C(C(=O)O)N2C(=O)C(NC(=O)c3cn(C4CC4)c4cc(Cl)c(F)cc4c3=O)[C@@H]2SC1. The van der Waals surface area contributed by atoms with Crippen LogP contribution >= 0.6 is 35.1 Å². The Labute approximate surface area is 232 Å². The third-order valence-electron chi connectivity index (χ3n) is 6.75. The van der Waals surface area contributed by atoms with Crippen LogP contribution in [0.15, 0.2) is 39.6 Å². The van der Waals surface area contributed by atoms with Crippen LogP contribution in [0.1, 0.15) is 29.2 Å². The number of aliphatic carboxylic acids is 1. The van der Waals surface area contributed by atoms with Crippen molar-refractivity contribution in [2.45, 2.75) is 35.5 Å². The number of thioether (sulfide) groups is 2. The molecule has 12 nitrogen and oxygen atoms in total. The number of aryl methyl sites for hydroxylation is 1. The van der Waals surface area contributed by atoms with E-state index in [1.165, 1.54) is 40.5 Å². The minimum Gasteiger partial charge on any atom is -0.477 e. The zero-order valence-electron chi connectivity index (χ0n) is 20.1. The van der Waals surface area contributed by atoms with Crippen molar-refractivity contribution in [2.24, 2.45) is 7.05 Å². The second-order valence-corrected chi connectivity index (χ2v) is 11.7. The first kappa shape index (κ1) is 25.8. The number of β-lactam (4-membered cyclic amide) rings is 1. The van der Waals surface area contributed by atoms with Gasteiger partial charge >= 0.3 is 5.97 Å². The van der Waals surface area contributed by atoms with E-state index in [9.17, 15) is 28.7 Å². The Balaban J connectivity index is 1.25. The van der Waals surface area contributed by atoms with Crippen LogP contribution in [0.4, 0.5) is 4.39 Å². The number of carbonyl (C=O) groups is 3. The molecule has 2 fully saturated rings. The third-order valence-corrected chi connectivity index (χ3v) is 9.48. The normalized spacial score (nSPS) is 20.7. The maximum Gasteiger partial charge on any atom is 0.352 e. The fraction of sp³-hybridized carbons (Fsp3) is 0.348. The van der Waals surface area contributed by atoms with Gasteiger partial charge in [-0.05, 0) is 41.0 Å². The van der Waals surface area contributed by atoms with E-state index < -0.39 is 40.4 Å². The van der Waals surface area contributed by atoms with E-state index in [0.717, 1.165) is 23.8 Å². The first-order valence-corrected chi connectivity index (χ1v) is 14.2. The minimum absolute atomic E-state index is 0.0152. The molecule has 6 rings (SSSR count). The lowest BCUT2D eigenvalue weighted by Gasteiger charge is -2.49. The summed E-state index contributed by atoms with van der Waals surface area (Å²) in [5.74, 6) is -2.85. The minimum atomic E-state index is -1.26. The van der Waals surface area contributed by atoms with Gasteiger partial charge in [0.15, 0.2) is 0 Å². The van der Waals surface area contributed by atoms with Crippen molar-refractivity contribution in [3.8, 4) is 0 Å². The molecule has 0 radical (unpaired) electrons. The van der Waals surface area contributed by atoms with E-state index in [1.807, 2.05) is 0 Å². The van der Waals surface area contributed by atoms with Gasteiger partial charge < -0.3 is 15.0 Å². The predicted octanol–water partition coefficient (Wildman–Crippen LogP) is 1.80. The number of carbonyl (C=O) groups excluding carboxylic acids is 2. The molecule has 2 aliphatic heterocycles.